The fraction of sp³-hybridized carbons (Fsp3) is 0.500. The molecule has 1 aliphatic heterocycles. The van der Waals surface area contributed by atoms with Crippen molar-refractivity contribution in [2.75, 3.05) is 19.7 Å². The number of phenolic OH excluding ortho intramolecular Hbond substituents is 1. The number of nitrogens with zero attached hydrogens (tertiary/aromatic N) is 1. The Morgan fingerprint density at radius 1 is 1.47 bits per heavy atom. The Balaban J connectivity index is 2.30. The molecular formula is C14H20N2O2S. The number of nitrogens with two attached hydrogens (primary N) is 1. The summed E-state index contributed by atoms with van der Waals surface area (Å²) >= 11 is 5.21. The number of phenols is 1. The predicted octanol–water partition coefficient (Wildman–Crippen LogP) is 2.21. The molecule has 1 fully saturated rings. The lowest BCUT2D eigenvalue weighted by molar-refractivity contribution is 0.299. The van der Waals surface area contributed by atoms with Crippen LogP contribution in [0.1, 0.15) is 31.4 Å². The quantitative estimate of drug-likeness (QED) is 0.810. The Labute approximate surface area is 119 Å². The largest absolute Gasteiger partial charge is 0.504 e. The Morgan fingerprint density at radius 2 is 2.16 bits per heavy atom. The summed E-state index contributed by atoms with van der Waals surface area (Å²) in [6.07, 6.45) is 2.35. The Bertz CT molecular complexity index is 459. The molecule has 0 aromatic heterocycles. The first-order chi connectivity index (χ1) is 9.13. The molecule has 0 amide bonds. The van der Waals surface area contributed by atoms with E-state index >= 15 is 0 Å². The van der Waals surface area contributed by atoms with Gasteiger partial charge in [-0.25, -0.2) is 0 Å². The standard InChI is InChI=1S/C14H20N2O2S/c1-2-18-12-9-10(5-6-11(12)17)13(14(15)19)16-7-3-4-8-16/h5-6,9,13,17H,2-4,7-8H2,1H3,(H2,15,19). The molecule has 0 saturated carbocycles. The molecule has 0 bridgehead atoms. The summed E-state index contributed by atoms with van der Waals surface area (Å²) in [6, 6.07) is 5.26. The van der Waals surface area contributed by atoms with Gasteiger partial charge in [-0.2, -0.15) is 0 Å². The van der Waals surface area contributed by atoms with Gasteiger partial charge in [0.15, 0.2) is 11.5 Å². The Hall–Kier alpha value is -1.33. The Morgan fingerprint density at radius 3 is 2.74 bits per heavy atom. The van der Waals surface area contributed by atoms with Gasteiger partial charge in [-0.15, -0.1) is 0 Å². The van der Waals surface area contributed by atoms with Crippen molar-refractivity contribution >= 4 is 17.2 Å². The second-order valence-corrected chi connectivity index (χ2v) is 5.18. The molecule has 1 aromatic rings. The average molecular weight is 280 g/mol. The maximum absolute atomic E-state index is 9.75. The second-order valence-electron chi connectivity index (χ2n) is 4.71. The first-order valence-corrected chi connectivity index (χ1v) is 7.03. The van der Waals surface area contributed by atoms with Gasteiger partial charge in [-0.1, -0.05) is 18.3 Å². The van der Waals surface area contributed by atoms with Gasteiger partial charge < -0.3 is 15.6 Å². The lowest BCUT2D eigenvalue weighted by Gasteiger charge is -2.27. The van der Waals surface area contributed by atoms with E-state index in [0.29, 0.717) is 17.3 Å². The van der Waals surface area contributed by atoms with Crippen LogP contribution >= 0.6 is 12.2 Å². The van der Waals surface area contributed by atoms with Crippen LogP contribution < -0.4 is 10.5 Å². The third kappa shape index (κ3) is 3.16. The SMILES string of the molecule is CCOc1cc(C(C(N)=S)N2CCCC2)ccc1O. The van der Waals surface area contributed by atoms with Crippen LogP contribution in [0.4, 0.5) is 0 Å². The summed E-state index contributed by atoms with van der Waals surface area (Å²) in [6.45, 7) is 4.41. The van der Waals surface area contributed by atoms with E-state index in [1.54, 1.807) is 6.07 Å². The molecule has 1 atom stereocenters. The topological polar surface area (TPSA) is 58.7 Å². The molecule has 2 rings (SSSR count). The molecule has 0 spiro atoms. The zero-order valence-corrected chi connectivity index (χ0v) is 11.9. The van der Waals surface area contributed by atoms with Crippen molar-refractivity contribution in [3.05, 3.63) is 23.8 Å². The molecule has 19 heavy (non-hydrogen) atoms. The number of likely N-dealkylation sites (tertiary alicyclic amines) is 1. The molecule has 1 aliphatic rings. The van der Waals surface area contributed by atoms with E-state index < -0.39 is 0 Å². The normalized spacial score (nSPS) is 17.3. The van der Waals surface area contributed by atoms with Crippen LogP contribution in [0.2, 0.25) is 0 Å². The van der Waals surface area contributed by atoms with Crippen molar-refractivity contribution in [2.45, 2.75) is 25.8 Å². The molecule has 1 heterocycles. The summed E-state index contributed by atoms with van der Waals surface area (Å²) in [5.41, 5.74) is 6.88. The fourth-order valence-corrected chi connectivity index (χ4v) is 2.81. The van der Waals surface area contributed by atoms with Gasteiger partial charge in [0.2, 0.25) is 0 Å². The first kappa shape index (κ1) is 14.1. The molecule has 1 saturated heterocycles. The molecule has 1 aromatic carbocycles. The minimum absolute atomic E-state index is 0.0719. The maximum Gasteiger partial charge on any atom is 0.161 e. The van der Waals surface area contributed by atoms with Crippen molar-refractivity contribution in [2.24, 2.45) is 5.73 Å². The maximum atomic E-state index is 9.75. The number of hydrogen-bond acceptors (Lipinski definition) is 4. The lowest BCUT2D eigenvalue weighted by atomic mass is 10.0. The smallest absolute Gasteiger partial charge is 0.161 e. The van der Waals surface area contributed by atoms with Crippen LogP contribution in [-0.2, 0) is 0 Å². The summed E-state index contributed by atoms with van der Waals surface area (Å²) < 4.78 is 5.42. The van der Waals surface area contributed by atoms with E-state index in [1.807, 2.05) is 19.1 Å². The van der Waals surface area contributed by atoms with Crippen LogP contribution in [0, 0.1) is 0 Å². The van der Waals surface area contributed by atoms with Gasteiger partial charge in [0.1, 0.15) is 0 Å². The third-order valence-corrected chi connectivity index (χ3v) is 3.60. The first-order valence-electron chi connectivity index (χ1n) is 6.62. The molecule has 0 aliphatic carbocycles. The molecule has 1 unspecified atom stereocenters. The van der Waals surface area contributed by atoms with E-state index in [1.165, 1.54) is 12.8 Å². The number of ether oxygens (including phenoxy) is 1. The number of hydrogen-bond donors (Lipinski definition) is 2. The van der Waals surface area contributed by atoms with Crippen molar-refractivity contribution in [1.29, 1.82) is 0 Å². The number of thiocarbonyl (C=S) groups is 1. The molecular weight excluding hydrogens is 260 g/mol. The van der Waals surface area contributed by atoms with Crippen molar-refractivity contribution < 1.29 is 9.84 Å². The summed E-state index contributed by atoms with van der Waals surface area (Å²) in [5.74, 6) is 0.633. The zero-order valence-electron chi connectivity index (χ0n) is 11.1. The molecule has 5 heteroatoms. The van der Waals surface area contributed by atoms with Crippen molar-refractivity contribution in [3.63, 3.8) is 0 Å². The minimum Gasteiger partial charge on any atom is -0.504 e. The van der Waals surface area contributed by atoms with Gasteiger partial charge in [0.25, 0.3) is 0 Å². The number of benzene rings is 1. The van der Waals surface area contributed by atoms with E-state index in [2.05, 4.69) is 4.90 Å². The van der Waals surface area contributed by atoms with E-state index in [0.717, 1.165) is 18.7 Å². The van der Waals surface area contributed by atoms with E-state index in [-0.39, 0.29) is 11.8 Å². The molecule has 4 nitrogen and oxygen atoms in total. The van der Waals surface area contributed by atoms with Crippen LogP contribution in [0.25, 0.3) is 0 Å². The number of rotatable bonds is 5. The van der Waals surface area contributed by atoms with Gasteiger partial charge >= 0.3 is 0 Å². The highest BCUT2D eigenvalue weighted by Gasteiger charge is 2.26. The van der Waals surface area contributed by atoms with Gasteiger partial charge in [-0.3, -0.25) is 4.90 Å². The highest BCUT2D eigenvalue weighted by molar-refractivity contribution is 7.80. The zero-order chi connectivity index (χ0) is 13.8. The Kier molecular flexibility index (Phi) is 4.61. The van der Waals surface area contributed by atoms with Crippen molar-refractivity contribution in [1.82, 2.24) is 4.90 Å². The summed E-state index contributed by atoms with van der Waals surface area (Å²) in [4.78, 5) is 2.75. The molecule has 104 valence electrons. The third-order valence-electron chi connectivity index (χ3n) is 3.37. The highest BCUT2D eigenvalue weighted by atomic mass is 32.1. The van der Waals surface area contributed by atoms with Gasteiger partial charge in [0, 0.05) is 0 Å². The monoisotopic (exact) mass is 280 g/mol. The fourth-order valence-electron chi connectivity index (χ4n) is 2.53. The molecule has 3 N–H and O–H groups in total. The summed E-state index contributed by atoms with van der Waals surface area (Å²) in [7, 11) is 0. The van der Waals surface area contributed by atoms with Crippen LogP contribution in [-0.4, -0.2) is 34.7 Å². The second kappa shape index (κ2) is 6.21. The number of aromatic hydroxyl groups is 1. The highest BCUT2D eigenvalue weighted by Crippen LogP contribution is 2.32. The van der Waals surface area contributed by atoms with Crippen LogP contribution in [0.5, 0.6) is 11.5 Å². The van der Waals surface area contributed by atoms with E-state index in [9.17, 15) is 5.11 Å². The molecule has 0 radical (unpaired) electrons. The van der Waals surface area contributed by atoms with Gasteiger partial charge in [0.05, 0.1) is 17.6 Å². The van der Waals surface area contributed by atoms with Crippen LogP contribution in [0.15, 0.2) is 18.2 Å². The average Bonchev–Trinajstić information content (AvgIpc) is 2.87. The van der Waals surface area contributed by atoms with Crippen molar-refractivity contribution in [3.8, 4) is 11.5 Å². The van der Waals surface area contributed by atoms with Crippen LogP contribution in [0.3, 0.4) is 0 Å². The predicted molar refractivity (Wildman–Crippen MR) is 79.6 cm³/mol. The summed E-state index contributed by atoms with van der Waals surface area (Å²) in [5, 5.41) is 9.75. The minimum atomic E-state index is -0.0719. The lowest BCUT2D eigenvalue weighted by Crippen LogP contribution is -2.34. The van der Waals surface area contributed by atoms with E-state index in [4.69, 9.17) is 22.7 Å². The van der Waals surface area contributed by atoms with Gasteiger partial charge in [-0.05, 0) is 50.6 Å².